The third-order valence-electron chi connectivity index (χ3n) is 7.87. The molecule has 2 aromatic heterocycles. The fraction of sp³-hybridized carbons (Fsp3) is 0.176. The SMILES string of the molecule is COc1cc([N+](=O)[O-])ccc1-n1c(C)cc(C2C(c3ccccn3)NC(=S)N2c2ccc(Oc3ccc(C)cc3)cc2)c1C. The van der Waals surface area contributed by atoms with Gasteiger partial charge in [0.1, 0.15) is 17.2 Å². The number of nitro groups is 1. The van der Waals surface area contributed by atoms with Crippen molar-refractivity contribution in [2.75, 3.05) is 12.0 Å². The third kappa shape index (κ3) is 5.35. The Hall–Kier alpha value is -5.22. The van der Waals surface area contributed by atoms with Gasteiger partial charge in [-0.1, -0.05) is 23.8 Å². The van der Waals surface area contributed by atoms with Gasteiger partial charge in [-0.2, -0.15) is 0 Å². The molecule has 3 aromatic carbocycles. The van der Waals surface area contributed by atoms with Gasteiger partial charge in [0.25, 0.3) is 5.69 Å². The summed E-state index contributed by atoms with van der Waals surface area (Å²) in [6.45, 7) is 6.09. The maximum absolute atomic E-state index is 11.4. The van der Waals surface area contributed by atoms with Gasteiger partial charge in [-0.25, -0.2) is 0 Å². The zero-order valence-electron chi connectivity index (χ0n) is 24.7. The molecule has 2 unspecified atom stereocenters. The van der Waals surface area contributed by atoms with Gasteiger partial charge < -0.3 is 24.3 Å². The van der Waals surface area contributed by atoms with E-state index in [1.165, 1.54) is 24.8 Å². The predicted octanol–water partition coefficient (Wildman–Crippen LogP) is 7.68. The van der Waals surface area contributed by atoms with Crippen molar-refractivity contribution in [3.63, 3.8) is 0 Å². The van der Waals surface area contributed by atoms with Crippen LogP contribution in [0.3, 0.4) is 0 Å². The Balaban J connectivity index is 1.42. The number of aromatic nitrogens is 2. The Kier molecular flexibility index (Phi) is 7.75. The normalized spacial score (nSPS) is 16.1. The van der Waals surface area contributed by atoms with E-state index in [9.17, 15) is 10.1 Å². The summed E-state index contributed by atoms with van der Waals surface area (Å²) < 4.78 is 13.7. The number of benzene rings is 3. The second kappa shape index (κ2) is 11.8. The molecule has 2 atom stereocenters. The third-order valence-corrected chi connectivity index (χ3v) is 8.19. The number of aryl methyl sites for hydroxylation is 2. The Morgan fingerprint density at radius 1 is 0.932 bits per heavy atom. The number of anilines is 1. The van der Waals surface area contributed by atoms with E-state index in [0.717, 1.165) is 39.8 Å². The molecule has 5 aromatic rings. The molecule has 0 aliphatic carbocycles. The van der Waals surface area contributed by atoms with Crippen molar-refractivity contribution in [2.45, 2.75) is 32.9 Å². The van der Waals surface area contributed by atoms with Crippen LogP contribution in [-0.2, 0) is 0 Å². The van der Waals surface area contributed by atoms with E-state index in [2.05, 4.69) is 25.8 Å². The number of nitrogens with one attached hydrogen (secondary N) is 1. The number of rotatable bonds is 8. The van der Waals surface area contributed by atoms with Crippen LogP contribution in [-0.4, -0.2) is 26.7 Å². The summed E-state index contributed by atoms with van der Waals surface area (Å²) in [7, 11) is 1.52. The lowest BCUT2D eigenvalue weighted by molar-refractivity contribution is -0.384. The van der Waals surface area contributed by atoms with E-state index < -0.39 is 4.92 Å². The fourth-order valence-corrected chi connectivity index (χ4v) is 6.13. The molecule has 1 aliphatic heterocycles. The minimum atomic E-state index is -0.426. The lowest BCUT2D eigenvalue weighted by Gasteiger charge is -2.28. The average molecular weight is 606 g/mol. The number of non-ortho nitro benzene ring substituents is 1. The van der Waals surface area contributed by atoms with Crippen molar-refractivity contribution in [1.82, 2.24) is 14.9 Å². The Labute approximate surface area is 260 Å². The molecule has 0 saturated carbocycles. The monoisotopic (exact) mass is 605 g/mol. The number of ether oxygens (including phenoxy) is 2. The fourth-order valence-electron chi connectivity index (χ4n) is 5.79. The van der Waals surface area contributed by atoms with E-state index in [4.69, 9.17) is 21.7 Å². The van der Waals surface area contributed by atoms with Gasteiger partial charge in [-0.05, 0) is 99.2 Å². The molecule has 9 nitrogen and oxygen atoms in total. The number of nitrogens with zero attached hydrogens (tertiary/aromatic N) is 4. The quantitative estimate of drug-likeness (QED) is 0.109. The molecule has 0 radical (unpaired) electrons. The predicted molar refractivity (Wildman–Crippen MR) is 174 cm³/mol. The Morgan fingerprint density at radius 3 is 2.27 bits per heavy atom. The highest BCUT2D eigenvalue weighted by Crippen LogP contribution is 2.44. The van der Waals surface area contributed by atoms with Crippen LogP contribution in [0.25, 0.3) is 5.69 Å². The van der Waals surface area contributed by atoms with Gasteiger partial charge in [0.05, 0.1) is 41.6 Å². The van der Waals surface area contributed by atoms with Crippen LogP contribution in [0.15, 0.2) is 97.2 Å². The van der Waals surface area contributed by atoms with Gasteiger partial charge in [-0.3, -0.25) is 15.1 Å². The van der Waals surface area contributed by atoms with Crippen molar-refractivity contribution in [3.8, 4) is 22.9 Å². The molecule has 0 spiro atoms. The topological polar surface area (TPSA) is 94.7 Å². The first-order valence-electron chi connectivity index (χ1n) is 14.1. The molecule has 1 aliphatic rings. The van der Waals surface area contributed by atoms with Gasteiger partial charge in [0.15, 0.2) is 5.11 Å². The van der Waals surface area contributed by atoms with Crippen LogP contribution in [0.1, 0.15) is 40.3 Å². The molecule has 0 bridgehead atoms. The molecule has 0 amide bonds. The summed E-state index contributed by atoms with van der Waals surface area (Å²) in [4.78, 5) is 17.8. The smallest absolute Gasteiger partial charge is 0.273 e. The van der Waals surface area contributed by atoms with Gasteiger partial charge in [0.2, 0.25) is 0 Å². The van der Waals surface area contributed by atoms with Gasteiger partial charge in [0, 0.05) is 29.3 Å². The molecule has 222 valence electrons. The van der Waals surface area contributed by atoms with Crippen molar-refractivity contribution in [1.29, 1.82) is 0 Å². The minimum Gasteiger partial charge on any atom is -0.494 e. The van der Waals surface area contributed by atoms with Gasteiger partial charge >= 0.3 is 0 Å². The van der Waals surface area contributed by atoms with Crippen LogP contribution in [0.2, 0.25) is 0 Å². The summed E-state index contributed by atoms with van der Waals surface area (Å²) in [6.07, 6.45) is 1.78. The van der Waals surface area contributed by atoms with Crippen molar-refractivity contribution in [3.05, 3.63) is 136 Å². The van der Waals surface area contributed by atoms with E-state index in [0.29, 0.717) is 16.5 Å². The molecule has 1 fully saturated rings. The van der Waals surface area contributed by atoms with Crippen molar-refractivity contribution in [2.24, 2.45) is 0 Å². The largest absolute Gasteiger partial charge is 0.494 e. The number of thiocarbonyl (C=S) groups is 1. The lowest BCUT2D eigenvalue weighted by Crippen LogP contribution is -2.29. The summed E-state index contributed by atoms with van der Waals surface area (Å²) >= 11 is 5.95. The number of hydrogen-bond acceptors (Lipinski definition) is 6. The van der Waals surface area contributed by atoms with Crippen LogP contribution >= 0.6 is 12.2 Å². The molecule has 6 rings (SSSR count). The summed E-state index contributed by atoms with van der Waals surface area (Å²) in [5, 5.41) is 15.5. The number of nitro benzene ring substituents is 1. The molecule has 1 N–H and O–H groups in total. The van der Waals surface area contributed by atoms with Crippen molar-refractivity contribution < 1.29 is 14.4 Å². The number of pyridine rings is 1. The zero-order valence-corrected chi connectivity index (χ0v) is 25.5. The molecular weight excluding hydrogens is 574 g/mol. The minimum absolute atomic E-state index is 0.0326. The molecule has 3 heterocycles. The van der Waals surface area contributed by atoms with E-state index >= 15 is 0 Å². The standard InChI is InChI=1S/C34H31N5O4S/c1-21-8-13-26(14-9-21)43-27-15-10-24(11-16-27)38-33(32(36-34(38)44)29-7-5-6-18-35-29)28-19-22(2)37(23(28)3)30-17-12-25(39(40)41)20-31(30)42-4/h5-20,32-33H,1-4H3,(H,36,44). The first-order valence-corrected chi connectivity index (χ1v) is 14.5. The van der Waals surface area contributed by atoms with Gasteiger partial charge in [-0.15, -0.1) is 0 Å². The van der Waals surface area contributed by atoms with Crippen LogP contribution < -0.4 is 19.7 Å². The molecule has 44 heavy (non-hydrogen) atoms. The first kappa shape index (κ1) is 28.9. The first-order chi connectivity index (χ1) is 21.2. The number of hydrogen-bond donors (Lipinski definition) is 1. The summed E-state index contributed by atoms with van der Waals surface area (Å²) in [5.41, 5.74) is 6.55. The van der Waals surface area contributed by atoms with E-state index in [-0.39, 0.29) is 17.8 Å². The zero-order chi connectivity index (χ0) is 31.0. The Morgan fingerprint density at radius 2 is 1.64 bits per heavy atom. The second-order valence-corrected chi connectivity index (χ2v) is 11.1. The molecule has 1 saturated heterocycles. The summed E-state index contributed by atoms with van der Waals surface area (Å²) in [5.74, 6) is 1.90. The lowest BCUT2D eigenvalue weighted by atomic mass is 9.96. The maximum atomic E-state index is 11.4. The number of methoxy groups -OCH3 is 1. The van der Waals surface area contributed by atoms with E-state index in [1.807, 2.05) is 87.5 Å². The highest BCUT2D eigenvalue weighted by atomic mass is 32.1. The van der Waals surface area contributed by atoms with Crippen LogP contribution in [0, 0.1) is 30.9 Å². The average Bonchev–Trinajstić information content (AvgIpc) is 3.53. The van der Waals surface area contributed by atoms with Crippen LogP contribution in [0.5, 0.6) is 17.2 Å². The maximum Gasteiger partial charge on any atom is 0.273 e. The van der Waals surface area contributed by atoms with E-state index in [1.54, 1.807) is 12.3 Å². The highest BCUT2D eigenvalue weighted by molar-refractivity contribution is 7.80. The molecule has 10 heteroatoms. The molecular formula is C34H31N5O4S. The van der Waals surface area contributed by atoms with Crippen LogP contribution in [0.4, 0.5) is 11.4 Å². The Bertz CT molecular complexity index is 1840. The second-order valence-electron chi connectivity index (χ2n) is 10.7. The van der Waals surface area contributed by atoms with Crippen molar-refractivity contribution >= 4 is 28.7 Å². The summed E-state index contributed by atoms with van der Waals surface area (Å²) in [6, 6.07) is 28.0. The highest BCUT2D eigenvalue weighted by Gasteiger charge is 2.42.